The Morgan fingerprint density at radius 1 is 0.649 bits per heavy atom. The molecule has 1 atom stereocenters. The molecule has 0 bridgehead atoms. The van der Waals surface area contributed by atoms with Crippen LogP contribution in [0.1, 0.15) is 33.2 Å². The van der Waals surface area contributed by atoms with Crippen molar-refractivity contribution < 1.29 is 14.6 Å². The highest BCUT2D eigenvalue weighted by Gasteiger charge is 2.40. The van der Waals surface area contributed by atoms with Crippen molar-refractivity contribution in [3.63, 3.8) is 0 Å². The summed E-state index contributed by atoms with van der Waals surface area (Å²) < 4.78 is 0. The summed E-state index contributed by atoms with van der Waals surface area (Å²) in [5.74, 6) is -0.386. The average Bonchev–Trinajstić information content (AvgIpc) is 2.92. The van der Waals surface area contributed by atoms with E-state index in [2.05, 4.69) is 0 Å². The number of anilines is 1. The quantitative estimate of drug-likeness (QED) is 0.235. The Bertz CT molecular complexity index is 1480. The number of hydrogen-bond donors (Lipinski definition) is 0. The maximum Gasteiger partial charge on any atom is 0.270 e. The Morgan fingerprint density at radius 2 is 1.22 bits per heavy atom. The summed E-state index contributed by atoms with van der Waals surface area (Å²) in [5.41, 5.74) is 2.86. The summed E-state index contributed by atoms with van der Waals surface area (Å²) in [6, 6.07) is 29.5. The van der Waals surface area contributed by atoms with Gasteiger partial charge in [0.1, 0.15) is 6.17 Å². The molecule has 4 aromatic carbocycles. The lowest BCUT2D eigenvalue weighted by Gasteiger charge is -2.46. The van der Waals surface area contributed by atoms with Crippen LogP contribution in [-0.4, -0.2) is 20.7 Å². The van der Waals surface area contributed by atoms with E-state index >= 15 is 0 Å². The Balaban J connectivity index is 1.72. The molecule has 4 aromatic rings. The molecule has 0 N–H and O–H groups in total. The third-order valence-corrected chi connectivity index (χ3v) is 6.35. The van der Waals surface area contributed by atoms with Crippen molar-refractivity contribution in [1.82, 2.24) is 4.90 Å². The minimum atomic E-state index is -0.693. The molecule has 0 radical (unpaired) electrons. The minimum Gasteiger partial charge on any atom is -0.342 e. The minimum absolute atomic E-state index is 0.0845. The maximum atomic E-state index is 13.9. The molecule has 9 nitrogen and oxygen atoms in total. The summed E-state index contributed by atoms with van der Waals surface area (Å²) >= 11 is 0. The molecule has 5 rings (SSSR count). The van der Waals surface area contributed by atoms with Gasteiger partial charge in [0.2, 0.25) is 0 Å². The lowest BCUT2D eigenvalue weighted by molar-refractivity contribution is -0.385. The van der Waals surface area contributed by atoms with E-state index in [-0.39, 0.29) is 29.4 Å². The van der Waals surface area contributed by atoms with Crippen LogP contribution in [0.3, 0.4) is 0 Å². The van der Waals surface area contributed by atoms with Crippen LogP contribution in [0.5, 0.6) is 0 Å². The van der Waals surface area contributed by atoms with Gasteiger partial charge in [-0.3, -0.25) is 25.0 Å². The predicted molar refractivity (Wildman–Crippen MR) is 138 cm³/mol. The highest BCUT2D eigenvalue weighted by Crippen LogP contribution is 2.42. The third-order valence-electron chi connectivity index (χ3n) is 6.35. The first-order chi connectivity index (χ1) is 17.9. The van der Waals surface area contributed by atoms with Crippen molar-refractivity contribution in [1.29, 1.82) is 0 Å². The van der Waals surface area contributed by atoms with Crippen molar-refractivity contribution in [3.05, 3.63) is 146 Å². The fourth-order valence-electron chi connectivity index (χ4n) is 4.67. The van der Waals surface area contributed by atoms with Crippen molar-refractivity contribution in [2.75, 3.05) is 4.90 Å². The number of rotatable bonds is 7. The summed E-state index contributed by atoms with van der Waals surface area (Å²) in [4.78, 5) is 39.7. The third kappa shape index (κ3) is 4.74. The van der Waals surface area contributed by atoms with E-state index in [0.717, 1.165) is 11.1 Å². The molecule has 1 amide bonds. The molecule has 0 spiro atoms. The number of fused-ring (bicyclic) bond motifs is 1. The van der Waals surface area contributed by atoms with Gasteiger partial charge in [-0.1, -0.05) is 72.8 Å². The van der Waals surface area contributed by atoms with E-state index < -0.39 is 16.0 Å². The van der Waals surface area contributed by atoms with Gasteiger partial charge in [0.05, 0.1) is 21.1 Å². The van der Waals surface area contributed by atoms with Crippen LogP contribution < -0.4 is 4.90 Å². The predicted octanol–water partition coefficient (Wildman–Crippen LogP) is 5.86. The molecule has 0 saturated heterocycles. The summed E-state index contributed by atoms with van der Waals surface area (Å²) in [7, 11) is 0. The monoisotopic (exact) mass is 494 g/mol. The van der Waals surface area contributed by atoms with Crippen molar-refractivity contribution in [2.45, 2.75) is 19.3 Å². The lowest BCUT2D eigenvalue weighted by atomic mass is 9.98. The van der Waals surface area contributed by atoms with Gasteiger partial charge in [-0.05, 0) is 17.2 Å². The molecule has 0 fully saturated rings. The number of amides is 1. The summed E-state index contributed by atoms with van der Waals surface area (Å²) in [6.07, 6.45) is -0.693. The van der Waals surface area contributed by atoms with Crippen molar-refractivity contribution in [2.24, 2.45) is 0 Å². The Kier molecular flexibility index (Phi) is 6.34. The Hall–Kier alpha value is -5.05. The highest BCUT2D eigenvalue weighted by atomic mass is 16.6. The van der Waals surface area contributed by atoms with E-state index in [1.165, 1.54) is 24.3 Å². The average molecular weight is 495 g/mol. The van der Waals surface area contributed by atoms with Gasteiger partial charge in [0.15, 0.2) is 0 Å². The molecule has 0 aliphatic carbocycles. The standard InChI is InChI=1S/C28H22N4O5/c33-28-25-17-24(32(36)37)14-15-26(25)29(18-20-8-3-1-4-9-20)27(22-12-7-13-23(16-22)31(34)35)30(28)19-21-10-5-2-6-11-21/h1-17,27H,18-19H2/t27-/m0/s1. The zero-order valence-electron chi connectivity index (χ0n) is 19.6. The number of nitro groups is 2. The van der Waals surface area contributed by atoms with Crippen LogP contribution >= 0.6 is 0 Å². The Labute approximate surface area is 212 Å². The normalized spacial score (nSPS) is 14.8. The van der Waals surface area contributed by atoms with E-state index in [9.17, 15) is 25.0 Å². The van der Waals surface area contributed by atoms with Gasteiger partial charge in [-0.2, -0.15) is 0 Å². The van der Waals surface area contributed by atoms with Crippen LogP contribution in [0.25, 0.3) is 0 Å². The van der Waals surface area contributed by atoms with Gasteiger partial charge < -0.3 is 9.80 Å². The molecule has 9 heteroatoms. The van der Waals surface area contributed by atoms with Crippen LogP contribution in [-0.2, 0) is 13.1 Å². The van der Waals surface area contributed by atoms with Crippen LogP contribution in [0.4, 0.5) is 17.1 Å². The number of benzene rings is 4. The SMILES string of the molecule is O=C1c2cc([N+](=O)[O-])ccc2N(Cc2ccccc2)[C@H](c2cccc([N+](=O)[O-])c2)N1Cc1ccccc1. The topological polar surface area (TPSA) is 110 Å². The second-order valence-electron chi connectivity index (χ2n) is 8.72. The van der Waals surface area contributed by atoms with E-state index in [0.29, 0.717) is 17.8 Å². The van der Waals surface area contributed by atoms with Gasteiger partial charge in [0, 0.05) is 42.9 Å². The Morgan fingerprint density at radius 3 is 1.81 bits per heavy atom. The molecule has 0 aromatic heterocycles. The van der Waals surface area contributed by atoms with E-state index in [1.54, 1.807) is 23.1 Å². The molecule has 37 heavy (non-hydrogen) atoms. The van der Waals surface area contributed by atoms with Gasteiger partial charge in [-0.15, -0.1) is 0 Å². The first kappa shape index (κ1) is 23.7. The number of hydrogen-bond acceptors (Lipinski definition) is 6. The highest BCUT2D eigenvalue weighted by molar-refractivity contribution is 6.02. The van der Waals surface area contributed by atoms with Crippen LogP contribution in [0.15, 0.2) is 103 Å². The van der Waals surface area contributed by atoms with Crippen molar-refractivity contribution >= 4 is 23.0 Å². The number of nitro benzene ring substituents is 2. The van der Waals surface area contributed by atoms with Gasteiger partial charge >= 0.3 is 0 Å². The molecular formula is C28H22N4O5. The second-order valence-corrected chi connectivity index (χ2v) is 8.72. The fourth-order valence-corrected chi connectivity index (χ4v) is 4.67. The van der Waals surface area contributed by atoms with Crippen LogP contribution in [0, 0.1) is 20.2 Å². The molecule has 1 heterocycles. The summed E-state index contributed by atoms with van der Waals surface area (Å²) in [5, 5.41) is 23.1. The molecule has 184 valence electrons. The van der Waals surface area contributed by atoms with Crippen LogP contribution in [0.2, 0.25) is 0 Å². The largest absolute Gasteiger partial charge is 0.342 e. The summed E-state index contributed by atoms with van der Waals surface area (Å²) in [6.45, 7) is 0.581. The van der Waals surface area contributed by atoms with E-state index in [4.69, 9.17) is 0 Å². The zero-order chi connectivity index (χ0) is 25.9. The molecule has 1 aliphatic rings. The van der Waals surface area contributed by atoms with Crippen molar-refractivity contribution in [3.8, 4) is 0 Å². The number of carbonyl (C=O) groups excluding carboxylic acids is 1. The number of carbonyl (C=O) groups is 1. The van der Waals surface area contributed by atoms with Gasteiger partial charge in [0.25, 0.3) is 17.3 Å². The van der Waals surface area contributed by atoms with Gasteiger partial charge in [-0.25, -0.2) is 0 Å². The number of nitrogens with zero attached hydrogens (tertiary/aromatic N) is 4. The lowest BCUT2D eigenvalue weighted by Crippen LogP contribution is -2.48. The molecule has 0 saturated carbocycles. The first-order valence-electron chi connectivity index (χ1n) is 11.6. The fraction of sp³-hybridized carbons (Fsp3) is 0.107. The number of non-ortho nitro benzene ring substituents is 2. The smallest absolute Gasteiger partial charge is 0.270 e. The van der Waals surface area contributed by atoms with E-state index in [1.807, 2.05) is 65.6 Å². The zero-order valence-corrected chi connectivity index (χ0v) is 19.6. The maximum absolute atomic E-state index is 13.9. The molecular weight excluding hydrogens is 472 g/mol. The molecule has 0 unspecified atom stereocenters. The first-order valence-corrected chi connectivity index (χ1v) is 11.6. The second kappa shape index (κ2) is 9.90. The molecule has 1 aliphatic heterocycles.